The monoisotopic (exact) mass is 1400 g/mol. The Kier molecular flexibility index (Phi) is 41.6. The number of carbonyl (C=O) groups is 13. The van der Waals surface area contributed by atoms with Crippen molar-refractivity contribution in [3.05, 3.63) is 12.2 Å². The first-order valence-corrected chi connectivity index (χ1v) is 36.0. The van der Waals surface area contributed by atoms with Gasteiger partial charge < -0.3 is 54.2 Å². The fourth-order valence-corrected chi connectivity index (χ4v) is 12.7. The molecule has 0 aromatic heterocycles. The van der Waals surface area contributed by atoms with Crippen LogP contribution < -0.4 is 10.6 Å². The average Bonchev–Trinajstić information content (AvgIpc) is 0.799. The molecule has 0 aliphatic carbocycles. The maximum Gasteiger partial charge on any atom is 0.328 e. The number of rotatable bonds is 46. The summed E-state index contributed by atoms with van der Waals surface area (Å²) in [6.07, 6.45) is 3.35. The molecule has 0 saturated heterocycles. The van der Waals surface area contributed by atoms with E-state index in [9.17, 15) is 47.9 Å². The van der Waals surface area contributed by atoms with Gasteiger partial charge in [0.05, 0.1) is 12.6 Å². The molecule has 14 atom stereocenters. The summed E-state index contributed by atoms with van der Waals surface area (Å²) >= 11 is 0. The number of nitrogens with zero attached hydrogens (tertiary/aromatic N) is 6. The molecule has 0 aliphatic heterocycles. The first kappa shape index (κ1) is 92.4. The van der Waals surface area contributed by atoms with E-state index in [1.165, 1.54) is 80.7 Å². The van der Waals surface area contributed by atoms with Crippen molar-refractivity contribution < 1.29 is 76.5 Å². The van der Waals surface area contributed by atoms with Crippen LogP contribution in [-0.2, 0) is 76.5 Å². The number of likely N-dealkylation sites (N-methyl/N-ethyl adjacent to an activating group) is 6. The highest BCUT2D eigenvalue weighted by atomic mass is 16.5. The summed E-state index contributed by atoms with van der Waals surface area (Å²) in [6.45, 7) is 37.2. The molecule has 24 nitrogen and oxygen atoms in total. The van der Waals surface area contributed by atoms with Crippen molar-refractivity contribution in [3.8, 4) is 0 Å². The number of hydrogen-bond donors (Lipinski definition) is 2. The Labute approximate surface area is 594 Å². The van der Waals surface area contributed by atoms with E-state index in [1.807, 2.05) is 75.3 Å². The lowest BCUT2D eigenvalue weighted by atomic mass is 9.81. The molecular weight excluding hydrogens is 1270 g/mol. The Balaban J connectivity index is 7.17. The number of ketones is 3. The minimum atomic E-state index is -1.55. The zero-order valence-electron chi connectivity index (χ0n) is 65.9. The number of nitrogens with one attached hydrogen (secondary N) is 2. The van der Waals surface area contributed by atoms with Crippen molar-refractivity contribution in [2.24, 2.45) is 71.0 Å². The van der Waals surface area contributed by atoms with Gasteiger partial charge in [-0.15, -0.1) is 0 Å². The molecule has 2 N–H and O–H groups in total. The molecule has 0 heterocycles. The molecule has 0 aromatic rings. The molecule has 99 heavy (non-hydrogen) atoms. The summed E-state index contributed by atoms with van der Waals surface area (Å²) in [5.41, 5.74) is 0. The molecule has 568 valence electrons. The second-order valence-electron chi connectivity index (χ2n) is 30.1. The molecule has 0 rings (SSSR count). The highest BCUT2D eigenvalue weighted by Gasteiger charge is 2.47. The number of methoxy groups -OCH3 is 1. The molecule has 0 unspecified atom stereocenters. The predicted octanol–water partition coefficient (Wildman–Crippen LogP) is 8.24. The number of hydrogen-bond acceptors (Lipinski definition) is 16. The minimum absolute atomic E-state index is 0.0213. The summed E-state index contributed by atoms with van der Waals surface area (Å²) in [7, 11) is 10.3. The van der Waals surface area contributed by atoms with E-state index in [1.54, 1.807) is 75.4 Å². The van der Waals surface area contributed by atoms with E-state index in [0.717, 1.165) is 4.90 Å². The molecule has 0 radical (unpaired) electrons. The molecule has 24 heteroatoms. The van der Waals surface area contributed by atoms with Gasteiger partial charge in [-0.1, -0.05) is 137 Å². The van der Waals surface area contributed by atoms with Gasteiger partial charge in [-0.05, 0) is 92.8 Å². The summed E-state index contributed by atoms with van der Waals surface area (Å²) in [5, 5.41) is 5.66. The van der Waals surface area contributed by atoms with E-state index in [0.29, 0.717) is 12.8 Å². The van der Waals surface area contributed by atoms with Gasteiger partial charge in [-0.25, -0.2) is 4.79 Å². The third kappa shape index (κ3) is 29.1. The standard InChI is InChI=1S/C75H132N8O16/c1-29-32-33-49(16)67(99-54(21)85)66(69(90)76-57(31-3)75(96)98-35-34-78(22)53(20)84)83(27)74(95)65(48(14)15)82(26)72(93)60(38-45(8)9)81(25)71(92)59(37-44(6)7)80(24)70(91)51(18)40-61(86)50(17)39-63(88)58(36-43(4)5)79(23)73(94)64(47(12)13)77-68(89)56(52(19)42-97-28)41-62(87)55(30-2)46(10)11/h29,32,43-52,55-60,64-67H,30-31,33-42H2,1-28H3,(H,76,90)(H,77,89)/b32-29+/t49-,50-,51+,52-,55-,56+,57+,58+,59+,60+,64+,65+,66+,67-/m1/s1. The highest BCUT2D eigenvalue weighted by Crippen LogP contribution is 2.29. The zero-order chi connectivity index (χ0) is 77.0. The Morgan fingerprint density at radius 2 is 0.960 bits per heavy atom. The van der Waals surface area contributed by atoms with Gasteiger partial charge in [0.25, 0.3) is 0 Å². The van der Waals surface area contributed by atoms with Gasteiger partial charge in [0.2, 0.25) is 47.3 Å². The van der Waals surface area contributed by atoms with Crippen molar-refractivity contribution in [1.29, 1.82) is 0 Å². The lowest BCUT2D eigenvalue weighted by molar-refractivity contribution is -0.164. The fraction of sp³-hybridized carbons (Fsp3) is 0.800. The van der Waals surface area contributed by atoms with Crippen LogP contribution in [0.15, 0.2) is 12.2 Å². The van der Waals surface area contributed by atoms with Crippen LogP contribution in [0, 0.1) is 71.0 Å². The van der Waals surface area contributed by atoms with Crippen LogP contribution in [-0.4, -0.2) is 223 Å². The largest absolute Gasteiger partial charge is 0.462 e. The summed E-state index contributed by atoms with van der Waals surface area (Å²) in [6, 6.07) is -8.38. The summed E-state index contributed by atoms with van der Waals surface area (Å²) < 4.78 is 16.7. The number of allylic oxidation sites excluding steroid dienone is 2. The van der Waals surface area contributed by atoms with Gasteiger partial charge in [-0.3, -0.25) is 57.5 Å². The van der Waals surface area contributed by atoms with Crippen LogP contribution in [0.3, 0.4) is 0 Å². The maximum atomic E-state index is 15.3. The molecule has 0 fully saturated rings. The molecule has 8 amide bonds. The van der Waals surface area contributed by atoms with E-state index in [-0.39, 0.29) is 123 Å². The van der Waals surface area contributed by atoms with Crippen LogP contribution in [0.2, 0.25) is 0 Å². The van der Waals surface area contributed by atoms with E-state index < -0.39 is 137 Å². The van der Waals surface area contributed by atoms with Gasteiger partial charge >= 0.3 is 11.9 Å². The second kappa shape index (κ2) is 44.6. The summed E-state index contributed by atoms with van der Waals surface area (Å²) in [4.78, 5) is 192. The number of amides is 8. The molecule has 0 spiro atoms. The Hall–Kier alpha value is -6.59. The predicted molar refractivity (Wildman–Crippen MR) is 384 cm³/mol. The quantitative estimate of drug-likeness (QED) is 0.0428. The molecule has 0 saturated carbocycles. The van der Waals surface area contributed by atoms with Crippen molar-refractivity contribution >= 4 is 76.5 Å². The third-order valence-corrected chi connectivity index (χ3v) is 19.0. The van der Waals surface area contributed by atoms with Crippen molar-refractivity contribution in [2.45, 2.75) is 252 Å². The minimum Gasteiger partial charge on any atom is -0.462 e. The van der Waals surface area contributed by atoms with Crippen LogP contribution >= 0.6 is 0 Å². The number of carbonyl (C=O) groups excluding carboxylic acids is 13. The van der Waals surface area contributed by atoms with Gasteiger partial charge in [-0.2, -0.15) is 0 Å². The first-order chi connectivity index (χ1) is 45.8. The molecule has 0 aliphatic rings. The van der Waals surface area contributed by atoms with Gasteiger partial charge in [0.15, 0.2) is 5.78 Å². The Morgan fingerprint density at radius 3 is 1.40 bits per heavy atom. The van der Waals surface area contributed by atoms with Crippen LogP contribution in [0.1, 0.15) is 203 Å². The van der Waals surface area contributed by atoms with Crippen LogP contribution in [0.4, 0.5) is 0 Å². The Morgan fingerprint density at radius 1 is 0.475 bits per heavy atom. The topological polar surface area (TPSA) is 293 Å². The van der Waals surface area contributed by atoms with E-state index in [2.05, 4.69) is 10.6 Å². The number of esters is 2. The smallest absolute Gasteiger partial charge is 0.328 e. The number of ether oxygens (including phenoxy) is 3. The lowest BCUT2D eigenvalue weighted by Gasteiger charge is -2.42. The number of Topliss-reactive ketones (excluding diaryl/α,β-unsaturated/α-hetero) is 3. The normalized spacial score (nSPS) is 16.1. The van der Waals surface area contributed by atoms with Crippen molar-refractivity contribution in [1.82, 2.24) is 40.0 Å². The third-order valence-electron chi connectivity index (χ3n) is 19.0. The van der Waals surface area contributed by atoms with Gasteiger partial charge in [0.1, 0.15) is 60.5 Å². The van der Waals surface area contributed by atoms with E-state index >= 15 is 14.4 Å². The SMILES string of the molecule is C/C=C/C[C@@H](C)[C@@H](OC(C)=O)[C@@H](C(=O)N[C@@H](CC)C(=O)OCCN(C)C(C)=O)N(C)C(=O)[C@H](C(C)C)N(C)C(=O)[C@H](CC(C)C)N(C)C(=O)[C@H](CC(C)C)N(C)C(=O)[C@@H](C)CC(=O)[C@H](C)CC(=O)[C@H](CC(C)C)N(C)C(=O)[C@@H](NC(=O)[C@@H](CC(=O)[C@H](CC)C(C)C)[C@H](C)COC)C(C)C. The summed E-state index contributed by atoms with van der Waals surface area (Å²) in [5.74, 6) is -11.9. The van der Waals surface area contributed by atoms with Crippen LogP contribution in [0.25, 0.3) is 0 Å². The average molecular weight is 1400 g/mol. The second-order valence-corrected chi connectivity index (χ2v) is 30.1. The molecule has 0 bridgehead atoms. The van der Waals surface area contributed by atoms with Crippen LogP contribution in [0.5, 0.6) is 0 Å². The first-order valence-electron chi connectivity index (χ1n) is 36.0. The van der Waals surface area contributed by atoms with E-state index in [4.69, 9.17) is 14.2 Å². The highest BCUT2D eigenvalue weighted by molar-refractivity contribution is 5.99. The lowest BCUT2D eigenvalue weighted by Crippen LogP contribution is -2.63. The molecular formula is C75H132N8O16. The van der Waals surface area contributed by atoms with Gasteiger partial charge in [0, 0.05) is 113 Å². The van der Waals surface area contributed by atoms with Crippen molar-refractivity contribution in [3.63, 3.8) is 0 Å². The maximum absolute atomic E-state index is 15.3. The zero-order valence-corrected chi connectivity index (χ0v) is 65.9. The van der Waals surface area contributed by atoms with Crippen molar-refractivity contribution in [2.75, 3.05) is 69.2 Å². The Bertz CT molecular complexity index is 2690. The fourth-order valence-electron chi connectivity index (χ4n) is 12.7. The molecule has 0 aromatic carbocycles.